The van der Waals surface area contributed by atoms with Gasteiger partial charge in [0.1, 0.15) is 12.4 Å². The lowest BCUT2D eigenvalue weighted by molar-refractivity contribution is -0.124. The molecule has 3 heteroatoms. The third kappa shape index (κ3) is 3.20. The first-order valence-corrected chi connectivity index (χ1v) is 6.26. The summed E-state index contributed by atoms with van der Waals surface area (Å²) in [7, 11) is 0. The van der Waals surface area contributed by atoms with Crippen LogP contribution >= 0.6 is 0 Å². The smallest absolute Gasteiger partial charge is 0.175 e. The molecule has 0 aliphatic carbocycles. The normalized spacial score (nSPS) is 19.3. The highest BCUT2D eigenvalue weighted by Gasteiger charge is 2.23. The molecule has 2 rings (SSSR count). The SMILES string of the molecule is C/C=C/c1ccccc1OCC(=O)C1CCOC1. The molecule has 0 radical (unpaired) electrons. The van der Waals surface area contributed by atoms with E-state index in [0.717, 1.165) is 17.7 Å². The monoisotopic (exact) mass is 246 g/mol. The predicted octanol–water partition coefficient (Wildman–Crippen LogP) is 2.70. The van der Waals surface area contributed by atoms with Crippen LogP contribution < -0.4 is 4.74 Å². The van der Waals surface area contributed by atoms with Crippen molar-refractivity contribution in [3.05, 3.63) is 35.9 Å². The first-order valence-electron chi connectivity index (χ1n) is 6.26. The summed E-state index contributed by atoms with van der Waals surface area (Å²) in [5.41, 5.74) is 0.996. The molecular formula is C15H18O3. The van der Waals surface area contributed by atoms with Crippen molar-refractivity contribution in [3.8, 4) is 5.75 Å². The molecule has 0 saturated carbocycles. The van der Waals surface area contributed by atoms with Crippen molar-refractivity contribution in [2.45, 2.75) is 13.3 Å². The maximum Gasteiger partial charge on any atom is 0.175 e. The van der Waals surface area contributed by atoms with Crippen LogP contribution in [0.1, 0.15) is 18.9 Å². The van der Waals surface area contributed by atoms with Crippen molar-refractivity contribution in [2.75, 3.05) is 19.8 Å². The molecule has 1 aliphatic heterocycles. The summed E-state index contributed by atoms with van der Waals surface area (Å²) in [6, 6.07) is 7.71. The molecule has 96 valence electrons. The van der Waals surface area contributed by atoms with Crippen LogP contribution in [0.15, 0.2) is 30.3 Å². The average molecular weight is 246 g/mol. The Balaban J connectivity index is 1.95. The summed E-state index contributed by atoms with van der Waals surface area (Å²) in [4.78, 5) is 11.9. The number of benzene rings is 1. The van der Waals surface area contributed by atoms with Crippen LogP contribution in [0.5, 0.6) is 5.75 Å². The van der Waals surface area contributed by atoms with E-state index in [1.54, 1.807) is 0 Å². The van der Waals surface area contributed by atoms with Gasteiger partial charge < -0.3 is 9.47 Å². The van der Waals surface area contributed by atoms with E-state index in [4.69, 9.17) is 9.47 Å². The second-order valence-electron chi connectivity index (χ2n) is 4.35. The highest BCUT2D eigenvalue weighted by atomic mass is 16.5. The van der Waals surface area contributed by atoms with Crippen LogP contribution in [0.3, 0.4) is 0 Å². The molecule has 1 aromatic carbocycles. The van der Waals surface area contributed by atoms with Gasteiger partial charge in [-0.2, -0.15) is 0 Å². The minimum absolute atomic E-state index is 0.0129. The quantitative estimate of drug-likeness (QED) is 0.801. The van der Waals surface area contributed by atoms with Crippen LogP contribution in [-0.4, -0.2) is 25.6 Å². The Bertz CT molecular complexity index is 431. The third-order valence-electron chi connectivity index (χ3n) is 3.02. The van der Waals surface area contributed by atoms with Gasteiger partial charge >= 0.3 is 0 Å². The molecule has 0 spiro atoms. The number of rotatable bonds is 5. The standard InChI is InChI=1S/C15H18O3/c1-2-5-12-6-3-4-7-15(12)18-11-14(16)13-8-9-17-10-13/h2-7,13H,8-11H2,1H3/b5-2+. The van der Waals surface area contributed by atoms with Crippen molar-refractivity contribution >= 4 is 11.9 Å². The number of Topliss-reactive ketones (excluding diaryl/α,β-unsaturated/α-hetero) is 1. The lowest BCUT2D eigenvalue weighted by Gasteiger charge is -2.10. The molecule has 1 unspecified atom stereocenters. The number of carbonyl (C=O) groups is 1. The van der Waals surface area contributed by atoms with Crippen LogP contribution in [0.2, 0.25) is 0 Å². The van der Waals surface area contributed by atoms with Gasteiger partial charge in [-0.3, -0.25) is 4.79 Å². The Labute approximate surface area is 107 Å². The second-order valence-corrected chi connectivity index (χ2v) is 4.35. The molecule has 3 nitrogen and oxygen atoms in total. The maximum atomic E-state index is 11.9. The van der Waals surface area contributed by atoms with Gasteiger partial charge in [0.05, 0.1) is 6.61 Å². The minimum atomic E-state index is 0.0129. The van der Waals surface area contributed by atoms with Crippen LogP contribution in [0.4, 0.5) is 0 Å². The summed E-state index contributed by atoms with van der Waals surface area (Å²) < 4.78 is 10.8. The minimum Gasteiger partial charge on any atom is -0.485 e. The van der Waals surface area contributed by atoms with E-state index < -0.39 is 0 Å². The number of allylic oxidation sites excluding steroid dienone is 1. The molecule has 18 heavy (non-hydrogen) atoms. The summed E-state index contributed by atoms with van der Waals surface area (Å²) in [6.45, 7) is 3.31. The zero-order valence-electron chi connectivity index (χ0n) is 10.6. The number of hydrogen-bond acceptors (Lipinski definition) is 3. The Kier molecular flexibility index (Phi) is 4.53. The van der Waals surface area contributed by atoms with E-state index in [1.807, 2.05) is 43.3 Å². The van der Waals surface area contributed by atoms with Crippen LogP contribution in [0.25, 0.3) is 6.08 Å². The fourth-order valence-corrected chi connectivity index (χ4v) is 1.98. The van der Waals surface area contributed by atoms with E-state index in [9.17, 15) is 4.79 Å². The molecule has 1 aliphatic rings. The Hall–Kier alpha value is -1.61. The van der Waals surface area contributed by atoms with Gasteiger partial charge in [0, 0.05) is 18.1 Å². The first-order chi connectivity index (χ1) is 8.81. The highest BCUT2D eigenvalue weighted by molar-refractivity contribution is 5.83. The maximum absolute atomic E-state index is 11.9. The number of hydrogen-bond donors (Lipinski definition) is 0. The van der Waals surface area contributed by atoms with Crippen molar-refractivity contribution in [1.82, 2.24) is 0 Å². The Morgan fingerprint density at radius 2 is 2.33 bits per heavy atom. The molecule has 1 saturated heterocycles. The number of carbonyl (C=O) groups excluding carboxylic acids is 1. The average Bonchev–Trinajstić information content (AvgIpc) is 2.92. The van der Waals surface area contributed by atoms with Crippen molar-refractivity contribution in [3.63, 3.8) is 0 Å². The van der Waals surface area contributed by atoms with Gasteiger partial charge in [0.15, 0.2) is 5.78 Å². The van der Waals surface area contributed by atoms with Gasteiger partial charge in [-0.15, -0.1) is 0 Å². The molecule has 0 aromatic heterocycles. The molecule has 0 amide bonds. The van der Waals surface area contributed by atoms with Crippen LogP contribution in [0, 0.1) is 5.92 Å². The molecule has 0 bridgehead atoms. The molecule has 0 N–H and O–H groups in total. The first kappa shape index (κ1) is 12.8. The summed E-state index contributed by atoms with van der Waals surface area (Å²) in [5, 5.41) is 0. The molecular weight excluding hydrogens is 228 g/mol. The molecule has 1 aromatic rings. The lowest BCUT2D eigenvalue weighted by Crippen LogP contribution is -2.21. The van der Waals surface area contributed by atoms with E-state index in [2.05, 4.69) is 0 Å². The van der Waals surface area contributed by atoms with Gasteiger partial charge in [-0.25, -0.2) is 0 Å². The van der Waals surface area contributed by atoms with Crippen molar-refractivity contribution in [2.24, 2.45) is 5.92 Å². The fourth-order valence-electron chi connectivity index (χ4n) is 1.98. The highest BCUT2D eigenvalue weighted by Crippen LogP contribution is 2.20. The number of para-hydroxylation sites is 1. The van der Waals surface area contributed by atoms with E-state index in [1.165, 1.54) is 0 Å². The van der Waals surface area contributed by atoms with E-state index >= 15 is 0 Å². The number of ether oxygens (including phenoxy) is 2. The summed E-state index contributed by atoms with van der Waals surface area (Å²) in [5.74, 6) is 0.893. The zero-order chi connectivity index (χ0) is 12.8. The van der Waals surface area contributed by atoms with Gasteiger partial charge in [-0.05, 0) is 19.4 Å². The second kappa shape index (κ2) is 6.36. The molecule has 1 heterocycles. The topological polar surface area (TPSA) is 35.5 Å². The van der Waals surface area contributed by atoms with Gasteiger partial charge in [0.25, 0.3) is 0 Å². The van der Waals surface area contributed by atoms with Crippen molar-refractivity contribution < 1.29 is 14.3 Å². The van der Waals surface area contributed by atoms with Crippen LogP contribution in [-0.2, 0) is 9.53 Å². The molecule has 1 atom stereocenters. The number of ketones is 1. The van der Waals surface area contributed by atoms with E-state index in [-0.39, 0.29) is 18.3 Å². The Morgan fingerprint density at radius 3 is 3.06 bits per heavy atom. The molecule has 1 fully saturated rings. The third-order valence-corrected chi connectivity index (χ3v) is 3.02. The lowest BCUT2D eigenvalue weighted by atomic mass is 10.0. The summed E-state index contributed by atoms with van der Waals surface area (Å²) >= 11 is 0. The van der Waals surface area contributed by atoms with Gasteiger partial charge in [0.2, 0.25) is 0 Å². The fraction of sp³-hybridized carbons (Fsp3) is 0.400. The van der Waals surface area contributed by atoms with Crippen molar-refractivity contribution in [1.29, 1.82) is 0 Å². The Morgan fingerprint density at radius 1 is 1.50 bits per heavy atom. The largest absolute Gasteiger partial charge is 0.485 e. The van der Waals surface area contributed by atoms with Gasteiger partial charge in [-0.1, -0.05) is 30.4 Å². The predicted molar refractivity (Wildman–Crippen MR) is 70.6 cm³/mol. The van der Waals surface area contributed by atoms with E-state index in [0.29, 0.717) is 13.2 Å². The zero-order valence-corrected chi connectivity index (χ0v) is 10.6. The summed E-state index contributed by atoms with van der Waals surface area (Å²) in [6.07, 6.45) is 4.74.